The average Bonchev–Trinajstić information content (AvgIpc) is 2.15. The van der Waals surface area contributed by atoms with Crippen molar-refractivity contribution in [3.05, 3.63) is 12.7 Å². The fourth-order valence-electron chi connectivity index (χ4n) is 1.29. The first-order valence-electron chi connectivity index (χ1n) is 5.45. The lowest BCUT2D eigenvalue weighted by Gasteiger charge is -2.27. The van der Waals surface area contributed by atoms with Crippen LogP contribution in [0.4, 0.5) is 0 Å². The van der Waals surface area contributed by atoms with Crippen LogP contribution in [0.3, 0.4) is 0 Å². The quantitative estimate of drug-likeness (QED) is 0.516. The van der Waals surface area contributed by atoms with Gasteiger partial charge in [-0.05, 0) is 13.3 Å². The van der Waals surface area contributed by atoms with E-state index in [2.05, 4.69) is 17.2 Å². The van der Waals surface area contributed by atoms with Crippen LogP contribution in [0.25, 0.3) is 0 Å². The molecule has 0 aliphatic carbocycles. The van der Waals surface area contributed by atoms with Crippen molar-refractivity contribution in [2.45, 2.75) is 19.4 Å². The molecule has 0 radical (unpaired) electrons. The molecule has 16 heavy (non-hydrogen) atoms. The third kappa shape index (κ3) is 5.49. The maximum Gasteiger partial charge on any atom is 0.248 e. The molecule has 1 aliphatic heterocycles. The zero-order valence-corrected chi connectivity index (χ0v) is 10.5. The summed E-state index contributed by atoms with van der Waals surface area (Å²) in [5, 5.41) is 6.04. The molecule has 1 aliphatic rings. The molecule has 94 valence electrons. The smallest absolute Gasteiger partial charge is 0.248 e. The second-order valence-electron chi connectivity index (χ2n) is 3.86. The van der Waals surface area contributed by atoms with Crippen molar-refractivity contribution in [1.82, 2.24) is 10.6 Å². The molecule has 0 bridgehead atoms. The van der Waals surface area contributed by atoms with E-state index < -0.39 is 0 Å². The van der Waals surface area contributed by atoms with E-state index in [0.29, 0.717) is 12.5 Å². The highest BCUT2D eigenvalue weighted by Gasteiger charge is 2.19. The molecule has 4 nitrogen and oxygen atoms in total. The molecule has 0 aromatic rings. The number of hydrogen-bond donors (Lipinski definition) is 2. The Bertz CT molecular complexity index is 220. The van der Waals surface area contributed by atoms with Crippen LogP contribution in [0.1, 0.15) is 13.3 Å². The molecule has 0 spiro atoms. The molecule has 5 heteroatoms. The van der Waals surface area contributed by atoms with Gasteiger partial charge in [-0.3, -0.25) is 4.79 Å². The highest BCUT2D eigenvalue weighted by atomic mass is 35.5. The van der Waals surface area contributed by atoms with Crippen LogP contribution in [0.2, 0.25) is 0 Å². The second kappa shape index (κ2) is 8.56. The van der Waals surface area contributed by atoms with Crippen molar-refractivity contribution in [2.24, 2.45) is 5.92 Å². The lowest BCUT2D eigenvalue weighted by Crippen LogP contribution is -2.49. The van der Waals surface area contributed by atoms with Gasteiger partial charge in [0.2, 0.25) is 5.91 Å². The van der Waals surface area contributed by atoms with Gasteiger partial charge in [-0.2, -0.15) is 0 Å². The lowest BCUT2D eigenvalue weighted by molar-refractivity contribution is -0.131. The fraction of sp³-hybridized carbons (Fsp3) is 0.727. The van der Waals surface area contributed by atoms with Crippen molar-refractivity contribution in [3.8, 4) is 0 Å². The first-order valence-corrected chi connectivity index (χ1v) is 5.45. The summed E-state index contributed by atoms with van der Waals surface area (Å²) in [4.78, 5) is 11.5. The molecule has 1 saturated heterocycles. The SMILES string of the molecule is C=CCCOC(C)C(=O)NCC1CNC1.Cl. The lowest BCUT2D eigenvalue weighted by atomic mass is 10.0. The average molecular weight is 249 g/mol. The molecule has 1 fully saturated rings. The van der Waals surface area contributed by atoms with Crippen LogP contribution in [0.15, 0.2) is 12.7 Å². The van der Waals surface area contributed by atoms with Crippen LogP contribution < -0.4 is 10.6 Å². The number of halogens is 1. The summed E-state index contributed by atoms with van der Waals surface area (Å²) in [5.74, 6) is 0.570. The third-order valence-corrected chi connectivity index (χ3v) is 2.49. The minimum Gasteiger partial charge on any atom is -0.368 e. The second-order valence-corrected chi connectivity index (χ2v) is 3.86. The molecule has 1 amide bonds. The summed E-state index contributed by atoms with van der Waals surface area (Å²) >= 11 is 0. The molecule has 1 heterocycles. The first kappa shape index (κ1) is 15.4. The Morgan fingerprint density at radius 3 is 2.88 bits per heavy atom. The topological polar surface area (TPSA) is 50.4 Å². The van der Waals surface area contributed by atoms with E-state index in [1.54, 1.807) is 13.0 Å². The van der Waals surface area contributed by atoms with Crippen molar-refractivity contribution in [2.75, 3.05) is 26.2 Å². The van der Waals surface area contributed by atoms with Crippen LogP contribution in [0.5, 0.6) is 0 Å². The number of ether oxygens (including phenoxy) is 1. The fourth-order valence-corrected chi connectivity index (χ4v) is 1.29. The zero-order chi connectivity index (χ0) is 11.1. The van der Waals surface area contributed by atoms with E-state index in [0.717, 1.165) is 26.1 Å². The van der Waals surface area contributed by atoms with E-state index in [1.807, 2.05) is 0 Å². The molecule has 1 unspecified atom stereocenters. The van der Waals surface area contributed by atoms with E-state index in [-0.39, 0.29) is 24.4 Å². The standard InChI is InChI=1S/C11H20N2O2.ClH/c1-3-4-5-15-9(2)11(14)13-8-10-6-12-7-10;/h3,9-10,12H,1,4-8H2,2H3,(H,13,14);1H. The van der Waals surface area contributed by atoms with Gasteiger partial charge in [0, 0.05) is 25.6 Å². The highest BCUT2D eigenvalue weighted by molar-refractivity contribution is 5.85. The molecule has 0 aromatic heterocycles. The van der Waals surface area contributed by atoms with Crippen LogP contribution in [0, 0.1) is 5.92 Å². The van der Waals surface area contributed by atoms with Crippen LogP contribution in [-0.4, -0.2) is 38.3 Å². The highest BCUT2D eigenvalue weighted by Crippen LogP contribution is 2.00. The Balaban J connectivity index is 0.00000225. The normalized spacial score (nSPS) is 16.8. The van der Waals surface area contributed by atoms with E-state index in [1.165, 1.54) is 0 Å². The maximum absolute atomic E-state index is 11.5. The summed E-state index contributed by atoms with van der Waals surface area (Å²) in [6, 6.07) is 0. The number of carbonyl (C=O) groups excluding carboxylic acids is 1. The minimum atomic E-state index is -0.363. The Kier molecular flexibility index (Phi) is 8.25. The van der Waals surface area contributed by atoms with Gasteiger partial charge >= 0.3 is 0 Å². The van der Waals surface area contributed by atoms with Gasteiger partial charge in [0.25, 0.3) is 0 Å². The largest absolute Gasteiger partial charge is 0.368 e. The first-order chi connectivity index (χ1) is 7.24. The van der Waals surface area contributed by atoms with E-state index in [9.17, 15) is 4.79 Å². The summed E-state index contributed by atoms with van der Waals surface area (Å²) < 4.78 is 5.33. The van der Waals surface area contributed by atoms with Gasteiger partial charge in [0.1, 0.15) is 6.10 Å². The Morgan fingerprint density at radius 1 is 1.69 bits per heavy atom. The minimum absolute atomic E-state index is 0. The number of rotatable bonds is 7. The number of nitrogens with one attached hydrogen (secondary N) is 2. The molecule has 0 aromatic carbocycles. The number of amides is 1. The van der Waals surface area contributed by atoms with Crippen LogP contribution in [-0.2, 0) is 9.53 Å². The van der Waals surface area contributed by atoms with Gasteiger partial charge < -0.3 is 15.4 Å². The molecule has 1 atom stereocenters. The Hall–Kier alpha value is -0.580. The predicted molar refractivity (Wildman–Crippen MR) is 66.8 cm³/mol. The van der Waals surface area contributed by atoms with Gasteiger partial charge in [-0.15, -0.1) is 19.0 Å². The Morgan fingerprint density at radius 2 is 2.38 bits per heavy atom. The van der Waals surface area contributed by atoms with Crippen LogP contribution >= 0.6 is 12.4 Å². The molecule has 2 N–H and O–H groups in total. The van der Waals surface area contributed by atoms with E-state index in [4.69, 9.17) is 4.74 Å². The van der Waals surface area contributed by atoms with Gasteiger partial charge in [0.05, 0.1) is 6.61 Å². The van der Waals surface area contributed by atoms with Gasteiger partial charge in [0.15, 0.2) is 0 Å². The van der Waals surface area contributed by atoms with Gasteiger partial charge in [-0.25, -0.2) is 0 Å². The summed E-state index contributed by atoms with van der Waals surface area (Å²) in [6.45, 7) is 8.69. The summed E-state index contributed by atoms with van der Waals surface area (Å²) in [7, 11) is 0. The molecular formula is C11H21ClN2O2. The van der Waals surface area contributed by atoms with E-state index >= 15 is 0 Å². The third-order valence-electron chi connectivity index (χ3n) is 2.49. The summed E-state index contributed by atoms with van der Waals surface area (Å²) in [6.07, 6.45) is 2.20. The van der Waals surface area contributed by atoms with Crippen molar-refractivity contribution in [3.63, 3.8) is 0 Å². The Labute approximate surface area is 103 Å². The zero-order valence-electron chi connectivity index (χ0n) is 9.70. The van der Waals surface area contributed by atoms with Crippen molar-refractivity contribution in [1.29, 1.82) is 0 Å². The predicted octanol–water partition coefficient (Wildman–Crippen LogP) is 0.725. The molecular weight excluding hydrogens is 228 g/mol. The number of hydrogen-bond acceptors (Lipinski definition) is 3. The maximum atomic E-state index is 11.5. The number of carbonyl (C=O) groups is 1. The summed E-state index contributed by atoms with van der Waals surface area (Å²) in [5.41, 5.74) is 0. The molecule has 0 saturated carbocycles. The monoisotopic (exact) mass is 248 g/mol. The van der Waals surface area contributed by atoms with Crippen molar-refractivity contribution < 1.29 is 9.53 Å². The molecule has 1 rings (SSSR count). The van der Waals surface area contributed by atoms with Gasteiger partial charge in [-0.1, -0.05) is 6.08 Å². The van der Waals surface area contributed by atoms with Crippen molar-refractivity contribution >= 4 is 18.3 Å².